The summed E-state index contributed by atoms with van der Waals surface area (Å²) < 4.78 is 3.83. The van der Waals surface area contributed by atoms with Crippen molar-refractivity contribution in [2.24, 2.45) is 0 Å². The first-order valence-corrected chi connectivity index (χ1v) is 7.68. The maximum absolute atomic E-state index is 9.21. The molecule has 2 aromatic heterocycles. The molecule has 0 spiro atoms. The fourth-order valence-electron chi connectivity index (χ4n) is 2.57. The molecule has 1 N–H and O–H groups in total. The largest absolute Gasteiger partial charge is 0.329 e. The Kier molecular flexibility index (Phi) is 2.67. The van der Waals surface area contributed by atoms with Gasteiger partial charge in [0.1, 0.15) is 6.07 Å². The van der Waals surface area contributed by atoms with E-state index >= 15 is 0 Å². The molecule has 0 unspecified atom stereocenters. The van der Waals surface area contributed by atoms with Gasteiger partial charge in [0.25, 0.3) is 0 Å². The molecule has 0 saturated heterocycles. The molecule has 0 saturated carbocycles. The molecule has 0 aliphatic heterocycles. The van der Waals surface area contributed by atoms with E-state index in [4.69, 9.17) is 12.2 Å². The molecule has 2 heterocycles. The van der Waals surface area contributed by atoms with E-state index in [1.165, 1.54) is 10.1 Å². The Bertz CT molecular complexity index is 1080. The first-order valence-electron chi connectivity index (χ1n) is 6.39. The van der Waals surface area contributed by atoms with Crippen LogP contribution in [0.25, 0.3) is 26.8 Å². The van der Waals surface area contributed by atoms with Gasteiger partial charge in [-0.05, 0) is 59.4 Å². The molecule has 0 aliphatic carbocycles. The summed E-state index contributed by atoms with van der Waals surface area (Å²) in [6, 6.07) is 16.2. The van der Waals surface area contributed by atoms with Crippen LogP contribution < -0.4 is 0 Å². The summed E-state index contributed by atoms with van der Waals surface area (Å²) in [4.78, 5) is 3.14. The summed E-state index contributed by atoms with van der Waals surface area (Å²) in [6.07, 6.45) is 0. The molecule has 21 heavy (non-hydrogen) atoms. The van der Waals surface area contributed by atoms with Gasteiger partial charge < -0.3 is 4.98 Å². The second kappa shape index (κ2) is 4.55. The Morgan fingerprint density at radius 1 is 1.19 bits per heavy atom. The lowest BCUT2D eigenvalue weighted by molar-refractivity contribution is 1.07. The quantitative estimate of drug-likeness (QED) is 0.515. The third-order valence-corrected chi connectivity index (χ3v) is 4.72. The Morgan fingerprint density at radius 2 is 2.10 bits per heavy atom. The molecular weight excluding hydrogens is 298 g/mol. The summed E-state index contributed by atoms with van der Waals surface area (Å²) in [6.45, 7) is 0. The highest BCUT2D eigenvalue weighted by Crippen LogP contribution is 2.27. The molecule has 5 heteroatoms. The number of aromatic amines is 1. The van der Waals surface area contributed by atoms with Gasteiger partial charge in [-0.3, -0.25) is 4.57 Å². The number of hydrogen-bond acceptors (Lipinski definition) is 3. The van der Waals surface area contributed by atoms with Crippen molar-refractivity contribution < 1.29 is 0 Å². The number of nitriles is 1. The Balaban J connectivity index is 2.08. The van der Waals surface area contributed by atoms with Crippen molar-refractivity contribution in [1.82, 2.24) is 9.55 Å². The number of thiophene rings is 1. The average Bonchev–Trinajstić information content (AvgIpc) is 3.08. The van der Waals surface area contributed by atoms with E-state index in [9.17, 15) is 5.26 Å². The highest BCUT2D eigenvalue weighted by atomic mass is 32.1. The van der Waals surface area contributed by atoms with Crippen LogP contribution >= 0.6 is 23.6 Å². The van der Waals surface area contributed by atoms with E-state index in [-0.39, 0.29) is 0 Å². The highest BCUT2D eigenvalue weighted by molar-refractivity contribution is 7.71. The number of nitrogens with zero attached hydrogens (tertiary/aromatic N) is 2. The number of imidazole rings is 1. The van der Waals surface area contributed by atoms with Crippen molar-refractivity contribution in [3.8, 4) is 11.8 Å². The number of benzene rings is 2. The molecule has 4 aromatic rings. The molecule has 0 fully saturated rings. The number of fused-ring (bicyclic) bond motifs is 2. The van der Waals surface area contributed by atoms with E-state index in [0.29, 0.717) is 10.3 Å². The highest BCUT2D eigenvalue weighted by Gasteiger charge is 2.10. The van der Waals surface area contributed by atoms with Crippen molar-refractivity contribution in [2.45, 2.75) is 0 Å². The number of nitrogens with one attached hydrogen (secondary N) is 1. The fourth-order valence-corrected chi connectivity index (χ4v) is 3.65. The van der Waals surface area contributed by atoms with Gasteiger partial charge in [0.2, 0.25) is 0 Å². The number of rotatable bonds is 1. The van der Waals surface area contributed by atoms with Gasteiger partial charge in [-0.2, -0.15) is 5.26 Å². The summed E-state index contributed by atoms with van der Waals surface area (Å²) in [5.74, 6) is 0. The fraction of sp³-hybridized carbons (Fsp3) is 0. The predicted molar refractivity (Wildman–Crippen MR) is 88.6 cm³/mol. The monoisotopic (exact) mass is 307 g/mol. The Morgan fingerprint density at radius 3 is 2.95 bits per heavy atom. The molecule has 0 amide bonds. The minimum Gasteiger partial charge on any atom is -0.329 e. The molecule has 3 nitrogen and oxygen atoms in total. The van der Waals surface area contributed by atoms with Gasteiger partial charge >= 0.3 is 0 Å². The Labute approximate surface area is 129 Å². The third-order valence-electron chi connectivity index (χ3n) is 3.53. The van der Waals surface area contributed by atoms with Gasteiger partial charge in [0.05, 0.1) is 16.6 Å². The predicted octanol–water partition coefficient (Wildman–Crippen LogP) is 4.77. The van der Waals surface area contributed by atoms with E-state index < -0.39 is 0 Å². The summed E-state index contributed by atoms with van der Waals surface area (Å²) in [5.41, 5.74) is 3.32. The van der Waals surface area contributed by atoms with Crippen LogP contribution in [0.1, 0.15) is 5.56 Å². The molecule has 0 atom stereocenters. The zero-order valence-corrected chi connectivity index (χ0v) is 12.5. The molecule has 4 rings (SSSR count). The van der Waals surface area contributed by atoms with E-state index in [2.05, 4.69) is 40.7 Å². The zero-order valence-electron chi connectivity index (χ0n) is 10.8. The van der Waals surface area contributed by atoms with Crippen molar-refractivity contribution >= 4 is 44.7 Å². The van der Waals surface area contributed by atoms with Crippen LogP contribution in [0.5, 0.6) is 0 Å². The van der Waals surface area contributed by atoms with Crippen molar-refractivity contribution in [3.05, 3.63) is 58.2 Å². The first-order chi connectivity index (χ1) is 10.3. The van der Waals surface area contributed by atoms with Crippen LogP contribution in [-0.2, 0) is 0 Å². The van der Waals surface area contributed by atoms with Crippen molar-refractivity contribution in [2.75, 3.05) is 0 Å². The minimum atomic E-state index is 0.599. The number of aromatic nitrogens is 2. The van der Waals surface area contributed by atoms with Gasteiger partial charge in [-0.15, -0.1) is 11.3 Å². The van der Waals surface area contributed by atoms with Crippen LogP contribution in [0.3, 0.4) is 0 Å². The number of para-hydroxylation sites is 1. The molecule has 0 bridgehead atoms. The van der Waals surface area contributed by atoms with Gasteiger partial charge in [0.15, 0.2) is 4.77 Å². The smallest absolute Gasteiger partial charge is 0.182 e. The SMILES string of the molecule is N#Cc1cccc2c1[nH]c(=S)n2-c1ccc2sccc2c1. The molecule has 0 aliphatic rings. The Hall–Kier alpha value is -2.42. The van der Waals surface area contributed by atoms with Crippen LogP contribution in [0.15, 0.2) is 47.8 Å². The van der Waals surface area contributed by atoms with Gasteiger partial charge in [-0.25, -0.2) is 0 Å². The lowest BCUT2D eigenvalue weighted by atomic mass is 10.2. The standard InChI is InChI=1S/C16H9N3S2/c17-9-11-2-1-3-13-15(11)18-16(20)19(13)12-4-5-14-10(8-12)6-7-21-14/h1-8H,(H,18,20). The normalized spacial score (nSPS) is 11.0. The summed E-state index contributed by atoms with van der Waals surface area (Å²) in [7, 11) is 0. The number of hydrogen-bond donors (Lipinski definition) is 1. The maximum atomic E-state index is 9.21. The number of H-pyrrole nitrogens is 1. The van der Waals surface area contributed by atoms with Crippen LogP contribution in [0, 0.1) is 16.1 Å². The lowest BCUT2D eigenvalue weighted by Crippen LogP contribution is -1.93. The van der Waals surface area contributed by atoms with Gasteiger partial charge in [0, 0.05) is 10.4 Å². The van der Waals surface area contributed by atoms with E-state index in [0.717, 1.165) is 16.7 Å². The summed E-state index contributed by atoms with van der Waals surface area (Å²) in [5, 5.41) is 12.5. The van der Waals surface area contributed by atoms with Crippen molar-refractivity contribution in [1.29, 1.82) is 5.26 Å². The first kappa shape index (κ1) is 12.3. The van der Waals surface area contributed by atoms with Crippen LogP contribution in [0.2, 0.25) is 0 Å². The average molecular weight is 307 g/mol. The second-order valence-corrected chi connectivity index (χ2v) is 6.05. The van der Waals surface area contributed by atoms with Crippen LogP contribution in [-0.4, -0.2) is 9.55 Å². The minimum absolute atomic E-state index is 0.599. The molecule has 2 aromatic carbocycles. The van der Waals surface area contributed by atoms with Gasteiger partial charge in [-0.1, -0.05) is 6.07 Å². The molecule has 100 valence electrons. The maximum Gasteiger partial charge on any atom is 0.182 e. The molecular formula is C16H9N3S2. The van der Waals surface area contributed by atoms with E-state index in [1.807, 2.05) is 16.7 Å². The van der Waals surface area contributed by atoms with Crippen molar-refractivity contribution in [3.63, 3.8) is 0 Å². The zero-order chi connectivity index (χ0) is 14.4. The van der Waals surface area contributed by atoms with E-state index in [1.54, 1.807) is 17.4 Å². The molecule has 0 radical (unpaired) electrons. The van der Waals surface area contributed by atoms with Crippen LogP contribution in [0.4, 0.5) is 0 Å². The lowest BCUT2D eigenvalue weighted by Gasteiger charge is -2.05. The topological polar surface area (TPSA) is 44.5 Å². The summed E-state index contributed by atoms with van der Waals surface area (Å²) >= 11 is 7.17. The second-order valence-electron chi connectivity index (χ2n) is 4.72. The third kappa shape index (κ3) is 1.81.